The van der Waals surface area contributed by atoms with Crippen molar-refractivity contribution < 1.29 is 9.47 Å². The summed E-state index contributed by atoms with van der Waals surface area (Å²) in [6.45, 7) is 7.81. The van der Waals surface area contributed by atoms with Gasteiger partial charge in [-0.15, -0.1) is 0 Å². The fourth-order valence-electron chi connectivity index (χ4n) is 4.03. The maximum Gasteiger partial charge on any atom is 0.154 e. The number of hydrogen-bond donors (Lipinski definition) is 0. The van der Waals surface area contributed by atoms with Gasteiger partial charge >= 0.3 is 0 Å². The molecule has 0 amide bonds. The lowest BCUT2D eigenvalue weighted by Gasteiger charge is -2.38. The van der Waals surface area contributed by atoms with E-state index < -0.39 is 0 Å². The molecule has 0 unspecified atom stereocenters. The monoisotopic (exact) mass is 491 g/mol. The third kappa shape index (κ3) is 4.10. The number of nitrogens with zero attached hydrogens (tertiary/aromatic N) is 3. The highest BCUT2D eigenvalue weighted by atomic mass is 79.9. The highest BCUT2D eigenvalue weighted by molar-refractivity contribution is 9.10. The molecule has 2 aromatic heterocycles. The summed E-state index contributed by atoms with van der Waals surface area (Å²) in [6.07, 6.45) is 5.65. The Morgan fingerprint density at radius 1 is 0.781 bits per heavy atom. The summed E-state index contributed by atoms with van der Waals surface area (Å²) in [4.78, 5) is 4.40. The molecule has 0 atom stereocenters. The summed E-state index contributed by atoms with van der Waals surface area (Å²) in [5, 5.41) is 4.22. The number of hydrogen-bond acceptors (Lipinski definition) is 4. The van der Waals surface area contributed by atoms with E-state index in [1.54, 1.807) is 10.7 Å². The van der Waals surface area contributed by atoms with Crippen molar-refractivity contribution in [3.63, 3.8) is 0 Å². The smallest absolute Gasteiger partial charge is 0.154 e. The van der Waals surface area contributed by atoms with Crippen molar-refractivity contribution in [3.05, 3.63) is 88.8 Å². The molecule has 2 saturated heterocycles. The zero-order valence-corrected chi connectivity index (χ0v) is 19.9. The van der Waals surface area contributed by atoms with Crippen LogP contribution in [-0.2, 0) is 20.3 Å². The molecule has 4 heterocycles. The Bertz CT molecular complexity index is 1210. The van der Waals surface area contributed by atoms with Gasteiger partial charge < -0.3 is 9.47 Å². The Morgan fingerprint density at radius 2 is 1.34 bits per heavy atom. The van der Waals surface area contributed by atoms with Crippen LogP contribution in [0.25, 0.3) is 16.8 Å². The molecule has 2 aliphatic rings. The van der Waals surface area contributed by atoms with Crippen LogP contribution in [-0.4, -0.2) is 41.0 Å². The molecule has 2 fully saturated rings. The summed E-state index contributed by atoms with van der Waals surface area (Å²) in [6, 6.07) is 19.0. The van der Waals surface area contributed by atoms with Crippen molar-refractivity contribution in [1.82, 2.24) is 14.6 Å². The first-order chi connectivity index (χ1) is 15.5. The van der Waals surface area contributed by atoms with Gasteiger partial charge in [0.05, 0.1) is 32.6 Å². The van der Waals surface area contributed by atoms with E-state index in [0.29, 0.717) is 0 Å². The number of rotatable bonds is 3. The molecule has 164 valence electrons. The minimum absolute atomic E-state index is 0.183. The zero-order chi connectivity index (χ0) is 22.2. The molecule has 32 heavy (non-hydrogen) atoms. The van der Waals surface area contributed by atoms with Gasteiger partial charge in [-0.2, -0.15) is 5.10 Å². The average Bonchev–Trinajstić information content (AvgIpc) is 3.25. The second kappa shape index (κ2) is 8.43. The molecule has 0 saturated carbocycles. The Labute approximate surface area is 196 Å². The fraction of sp³-hybridized carbons (Fsp3) is 0.308. The molecule has 0 bridgehead atoms. The van der Waals surface area contributed by atoms with Gasteiger partial charge in [-0.25, -0.2) is 9.50 Å². The lowest BCUT2D eigenvalue weighted by atomic mass is 9.80. The molecule has 0 N–H and O–H groups in total. The third-order valence-corrected chi connectivity index (χ3v) is 6.91. The first-order valence-corrected chi connectivity index (χ1v) is 11.6. The fourth-order valence-corrected chi connectivity index (χ4v) is 4.29. The summed E-state index contributed by atoms with van der Waals surface area (Å²) < 4.78 is 13.5. The van der Waals surface area contributed by atoms with Crippen molar-refractivity contribution in [1.29, 1.82) is 0 Å². The summed E-state index contributed by atoms with van der Waals surface area (Å²) in [5.74, 6) is 0. The summed E-state index contributed by atoms with van der Waals surface area (Å²) in [7, 11) is 0. The largest absolute Gasteiger partial charge is 0.379 e. The van der Waals surface area contributed by atoms with Crippen molar-refractivity contribution in [2.45, 2.75) is 24.7 Å². The van der Waals surface area contributed by atoms with Gasteiger partial charge in [0.25, 0.3) is 0 Å². The standard InChI is InChI=1S/C16H15N3O.C10H11BrO/c1-16(10-20-11-16)14-4-2-12(3-5-14)13-8-17-15-6-7-18-19(15)9-13;1-10(6-12-7-10)8-2-4-9(11)5-3-8/h2-9H,10-11H2,1H3;2-5H,6-7H2,1H3. The average molecular weight is 492 g/mol. The van der Waals surface area contributed by atoms with Crippen molar-refractivity contribution in [3.8, 4) is 11.1 Å². The Hall–Kier alpha value is -2.54. The van der Waals surface area contributed by atoms with Gasteiger partial charge in [-0.3, -0.25) is 0 Å². The van der Waals surface area contributed by atoms with E-state index in [4.69, 9.17) is 9.47 Å². The minimum atomic E-state index is 0.183. The van der Waals surface area contributed by atoms with Crippen molar-refractivity contribution in [2.75, 3.05) is 26.4 Å². The van der Waals surface area contributed by atoms with Crippen LogP contribution < -0.4 is 0 Å². The van der Waals surface area contributed by atoms with Gasteiger partial charge in [0.15, 0.2) is 5.65 Å². The molecule has 2 aromatic carbocycles. The SMILES string of the molecule is CC1(c2ccc(-c3cnc4ccnn4c3)cc2)COC1.CC1(c2ccc(Br)cc2)COC1. The molecular formula is C26H26BrN3O2. The Kier molecular flexibility index (Phi) is 5.61. The predicted molar refractivity (Wildman–Crippen MR) is 129 cm³/mol. The van der Waals surface area contributed by atoms with Gasteiger partial charge in [-0.1, -0.05) is 66.2 Å². The quantitative estimate of drug-likeness (QED) is 0.383. The van der Waals surface area contributed by atoms with Crippen LogP contribution >= 0.6 is 15.9 Å². The predicted octanol–water partition coefficient (Wildman–Crippen LogP) is 5.42. The van der Waals surface area contributed by atoms with E-state index >= 15 is 0 Å². The maximum absolute atomic E-state index is 5.32. The maximum atomic E-state index is 5.32. The lowest BCUT2D eigenvalue weighted by Crippen LogP contribution is -2.43. The van der Waals surface area contributed by atoms with E-state index in [2.05, 4.69) is 88.4 Å². The van der Waals surface area contributed by atoms with Crippen molar-refractivity contribution >= 4 is 21.6 Å². The number of ether oxygens (including phenoxy) is 2. The van der Waals surface area contributed by atoms with Crippen LogP contribution in [0.3, 0.4) is 0 Å². The Balaban J connectivity index is 0.000000154. The van der Waals surface area contributed by atoms with Crippen LogP contribution in [0.1, 0.15) is 25.0 Å². The van der Waals surface area contributed by atoms with E-state index in [-0.39, 0.29) is 10.8 Å². The highest BCUT2D eigenvalue weighted by Crippen LogP contribution is 2.33. The van der Waals surface area contributed by atoms with Gasteiger partial charge in [0.1, 0.15) is 0 Å². The molecule has 0 spiro atoms. The first-order valence-electron chi connectivity index (χ1n) is 10.8. The molecule has 5 nitrogen and oxygen atoms in total. The van der Waals surface area contributed by atoms with E-state index in [0.717, 1.165) is 47.7 Å². The number of aromatic nitrogens is 3. The van der Waals surface area contributed by atoms with Gasteiger partial charge in [0, 0.05) is 39.3 Å². The third-order valence-electron chi connectivity index (χ3n) is 6.39. The second-order valence-electron chi connectivity index (χ2n) is 9.17. The molecule has 2 aliphatic heterocycles. The zero-order valence-electron chi connectivity index (χ0n) is 18.3. The van der Waals surface area contributed by atoms with Crippen molar-refractivity contribution in [2.24, 2.45) is 0 Å². The van der Waals surface area contributed by atoms with Gasteiger partial charge in [0.2, 0.25) is 0 Å². The van der Waals surface area contributed by atoms with Gasteiger partial charge in [-0.05, 0) is 28.8 Å². The number of benzene rings is 2. The van der Waals surface area contributed by atoms with Crippen LogP contribution in [0.5, 0.6) is 0 Å². The van der Waals surface area contributed by atoms with E-state index in [1.165, 1.54) is 11.1 Å². The van der Waals surface area contributed by atoms with Crippen LogP contribution in [0.15, 0.2) is 77.7 Å². The Morgan fingerprint density at radius 3 is 1.88 bits per heavy atom. The molecule has 0 aliphatic carbocycles. The topological polar surface area (TPSA) is 48.7 Å². The number of fused-ring (bicyclic) bond motifs is 1. The second-order valence-corrected chi connectivity index (χ2v) is 10.1. The molecule has 0 radical (unpaired) electrons. The molecule has 6 rings (SSSR count). The molecule has 6 heteroatoms. The van der Waals surface area contributed by atoms with Crippen LogP contribution in [0.4, 0.5) is 0 Å². The van der Waals surface area contributed by atoms with Crippen LogP contribution in [0, 0.1) is 0 Å². The van der Waals surface area contributed by atoms with E-state index in [1.807, 2.05) is 18.5 Å². The summed E-state index contributed by atoms with van der Waals surface area (Å²) >= 11 is 3.42. The normalized spacial score (nSPS) is 18.2. The molecule has 4 aromatic rings. The van der Waals surface area contributed by atoms with Crippen LogP contribution in [0.2, 0.25) is 0 Å². The van der Waals surface area contributed by atoms with E-state index in [9.17, 15) is 0 Å². The highest BCUT2D eigenvalue weighted by Gasteiger charge is 2.35. The lowest BCUT2D eigenvalue weighted by molar-refractivity contribution is -0.0500. The minimum Gasteiger partial charge on any atom is -0.379 e. The number of halogens is 1. The first kappa shape index (κ1) is 21.3. The molecular weight excluding hydrogens is 466 g/mol. The summed E-state index contributed by atoms with van der Waals surface area (Å²) in [5.41, 5.74) is 6.25.